The monoisotopic (exact) mass is 307 g/mol. The largest absolute Gasteiger partial charge is 0.465 e. The molecule has 0 aromatic heterocycles. The van der Waals surface area contributed by atoms with Crippen molar-refractivity contribution in [2.75, 3.05) is 18.9 Å². The highest BCUT2D eigenvalue weighted by atomic mass is 32.2. The molecule has 0 heterocycles. The van der Waals surface area contributed by atoms with Crippen LogP contribution < -0.4 is 0 Å². The molecule has 0 saturated heterocycles. The Kier molecular flexibility index (Phi) is 6.11. The molecule has 0 unspecified atom stereocenters. The third kappa shape index (κ3) is 5.42. The van der Waals surface area contributed by atoms with Crippen LogP contribution in [0.4, 0.5) is 0 Å². The second-order valence-electron chi connectivity index (χ2n) is 5.04. The van der Waals surface area contributed by atoms with E-state index in [1.807, 2.05) is 18.2 Å². The van der Waals surface area contributed by atoms with Crippen molar-refractivity contribution in [3.05, 3.63) is 35.9 Å². The average molecular weight is 307 g/mol. The first-order valence-electron chi connectivity index (χ1n) is 7.27. The van der Waals surface area contributed by atoms with Crippen LogP contribution in [0.15, 0.2) is 30.3 Å². The number of rotatable bonds is 8. The molecule has 0 aliphatic heterocycles. The lowest BCUT2D eigenvalue weighted by Crippen LogP contribution is -2.39. The van der Waals surface area contributed by atoms with Crippen LogP contribution in [0, 0.1) is 0 Å². The van der Waals surface area contributed by atoms with Crippen molar-refractivity contribution in [2.45, 2.75) is 31.6 Å². The van der Waals surface area contributed by atoms with Crippen LogP contribution in [0.5, 0.6) is 0 Å². The summed E-state index contributed by atoms with van der Waals surface area (Å²) in [7, 11) is 0. The summed E-state index contributed by atoms with van der Waals surface area (Å²) in [4.78, 5) is 25.5. The van der Waals surface area contributed by atoms with Crippen LogP contribution in [0.1, 0.15) is 25.3 Å². The fraction of sp³-hybridized carbons (Fsp3) is 0.500. The minimum Gasteiger partial charge on any atom is -0.465 e. The van der Waals surface area contributed by atoms with Crippen molar-refractivity contribution in [3.8, 4) is 0 Å². The lowest BCUT2D eigenvalue weighted by Gasteiger charge is -2.21. The second-order valence-corrected chi connectivity index (χ2v) is 6.02. The fourth-order valence-electron chi connectivity index (χ4n) is 2.07. The summed E-state index contributed by atoms with van der Waals surface area (Å²) >= 11 is 1.59. The van der Waals surface area contributed by atoms with Gasteiger partial charge in [0.1, 0.15) is 6.54 Å². The lowest BCUT2D eigenvalue weighted by atomic mass is 10.2. The van der Waals surface area contributed by atoms with Crippen LogP contribution in [0.2, 0.25) is 0 Å². The molecule has 1 aliphatic rings. The number of nitrogens with zero attached hydrogens (tertiary/aromatic N) is 1. The Morgan fingerprint density at radius 2 is 2.00 bits per heavy atom. The minimum absolute atomic E-state index is 0.0338. The van der Waals surface area contributed by atoms with Crippen molar-refractivity contribution >= 4 is 23.6 Å². The van der Waals surface area contributed by atoms with Crippen LogP contribution in [-0.2, 0) is 20.1 Å². The summed E-state index contributed by atoms with van der Waals surface area (Å²) in [5, 5.41) is 0. The molecule has 1 aromatic carbocycles. The lowest BCUT2D eigenvalue weighted by molar-refractivity contribution is -0.148. The number of hydrogen-bond acceptors (Lipinski definition) is 4. The molecule has 1 amide bonds. The zero-order valence-corrected chi connectivity index (χ0v) is 13.1. The van der Waals surface area contributed by atoms with Crippen LogP contribution in [-0.4, -0.2) is 41.7 Å². The molecule has 2 rings (SSSR count). The summed E-state index contributed by atoms with van der Waals surface area (Å²) in [6.45, 7) is 2.22. The van der Waals surface area contributed by atoms with E-state index >= 15 is 0 Å². The average Bonchev–Trinajstić information content (AvgIpc) is 3.30. The fourth-order valence-corrected chi connectivity index (χ4v) is 2.94. The van der Waals surface area contributed by atoms with Gasteiger partial charge in [0.15, 0.2) is 0 Å². The van der Waals surface area contributed by atoms with E-state index in [1.54, 1.807) is 23.6 Å². The molecule has 1 fully saturated rings. The summed E-state index contributed by atoms with van der Waals surface area (Å²) in [6.07, 6.45) is 1.99. The van der Waals surface area contributed by atoms with E-state index in [-0.39, 0.29) is 24.5 Å². The summed E-state index contributed by atoms with van der Waals surface area (Å²) in [5.41, 5.74) is 1.21. The number of thioether (sulfide) groups is 1. The molecular formula is C16H21NO3S. The van der Waals surface area contributed by atoms with E-state index in [0.717, 1.165) is 18.6 Å². The molecule has 5 heteroatoms. The second kappa shape index (κ2) is 8.08. The minimum atomic E-state index is -0.314. The molecule has 0 radical (unpaired) electrons. The van der Waals surface area contributed by atoms with Gasteiger partial charge < -0.3 is 9.64 Å². The van der Waals surface area contributed by atoms with E-state index in [4.69, 9.17) is 4.74 Å². The molecule has 4 nitrogen and oxygen atoms in total. The maximum absolute atomic E-state index is 12.3. The molecule has 1 aromatic rings. The molecule has 0 spiro atoms. The summed E-state index contributed by atoms with van der Waals surface area (Å²) in [5.74, 6) is 0.937. The Morgan fingerprint density at radius 1 is 1.29 bits per heavy atom. The first-order valence-corrected chi connectivity index (χ1v) is 8.43. The standard InChI is InChI=1S/C16H21NO3S/c1-2-20-16(19)10-17(14-8-9-14)15(18)12-21-11-13-6-4-3-5-7-13/h3-7,14H,2,8-12H2,1H3. The highest BCUT2D eigenvalue weighted by molar-refractivity contribution is 7.99. The smallest absolute Gasteiger partial charge is 0.325 e. The predicted molar refractivity (Wildman–Crippen MR) is 84.0 cm³/mol. The van der Waals surface area contributed by atoms with Crippen LogP contribution in [0.3, 0.4) is 0 Å². The molecule has 1 aliphatic carbocycles. The van der Waals surface area contributed by atoms with Crippen molar-refractivity contribution in [3.63, 3.8) is 0 Å². The molecule has 0 bridgehead atoms. The highest BCUT2D eigenvalue weighted by Crippen LogP contribution is 2.27. The zero-order chi connectivity index (χ0) is 15.1. The van der Waals surface area contributed by atoms with Gasteiger partial charge in [-0.2, -0.15) is 0 Å². The van der Waals surface area contributed by atoms with Gasteiger partial charge in [0.2, 0.25) is 5.91 Å². The number of amides is 1. The van der Waals surface area contributed by atoms with E-state index in [2.05, 4.69) is 12.1 Å². The van der Waals surface area contributed by atoms with E-state index in [0.29, 0.717) is 12.4 Å². The van der Waals surface area contributed by atoms with Gasteiger partial charge in [0.05, 0.1) is 12.4 Å². The van der Waals surface area contributed by atoms with Crippen molar-refractivity contribution in [1.82, 2.24) is 4.90 Å². The SMILES string of the molecule is CCOC(=O)CN(C(=O)CSCc1ccccc1)C1CC1. The van der Waals surface area contributed by atoms with Crippen LogP contribution in [0.25, 0.3) is 0 Å². The molecule has 114 valence electrons. The number of ether oxygens (including phenoxy) is 1. The Balaban J connectivity index is 1.77. The summed E-state index contributed by atoms with van der Waals surface area (Å²) < 4.78 is 4.93. The predicted octanol–water partition coefficient (Wildman–Crippen LogP) is 2.47. The topological polar surface area (TPSA) is 46.6 Å². The molecule has 0 atom stereocenters. The van der Waals surface area contributed by atoms with E-state index < -0.39 is 0 Å². The number of carbonyl (C=O) groups excluding carboxylic acids is 2. The maximum atomic E-state index is 12.3. The van der Waals surface area contributed by atoms with Gasteiger partial charge in [-0.05, 0) is 25.3 Å². The van der Waals surface area contributed by atoms with Crippen molar-refractivity contribution in [2.24, 2.45) is 0 Å². The highest BCUT2D eigenvalue weighted by Gasteiger charge is 2.33. The molecule has 1 saturated carbocycles. The number of esters is 1. The Labute approximate surface area is 129 Å². The number of carbonyl (C=O) groups is 2. The first-order chi connectivity index (χ1) is 10.2. The van der Waals surface area contributed by atoms with Gasteiger partial charge in [0.25, 0.3) is 0 Å². The number of benzene rings is 1. The molecule has 21 heavy (non-hydrogen) atoms. The summed E-state index contributed by atoms with van der Waals surface area (Å²) in [6, 6.07) is 10.3. The normalized spacial score (nSPS) is 13.8. The quantitative estimate of drug-likeness (QED) is 0.692. The molecule has 0 N–H and O–H groups in total. The van der Waals surface area contributed by atoms with Gasteiger partial charge in [-0.25, -0.2) is 0 Å². The van der Waals surface area contributed by atoms with Gasteiger partial charge in [-0.1, -0.05) is 30.3 Å². The Hall–Kier alpha value is -1.49. The van der Waals surface area contributed by atoms with E-state index in [1.165, 1.54) is 5.56 Å². The van der Waals surface area contributed by atoms with Gasteiger partial charge in [-0.3, -0.25) is 9.59 Å². The Morgan fingerprint density at radius 3 is 2.62 bits per heavy atom. The van der Waals surface area contributed by atoms with Gasteiger partial charge in [0, 0.05) is 11.8 Å². The number of hydrogen-bond donors (Lipinski definition) is 0. The third-order valence-corrected chi connectivity index (χ3v) is 4.24. The van der Waals surface area contributed by atoms with Crippen molar-refractivity contribution < 1.29 is 14.3 Å². The van der Waals surface area contributed by atoms with Crippen molar-refractivity contribution in [1.29, 1.82) is 0 Å². The Bertz CT molecular complexity index is 474. The van der Waals surface area contributed by atoms with Gasteiger partial charge in [-0.15, -0.1) is 11.8 Å². The zero-order valence-electron chi connectivity index (χ0n) is 12.3. The third-order valence-electron chi connectivity index (χ3n) is 3.25. The van der Waals surface area contributed by atoms with Gasteiger partial charge >= 0.3 is 5.97 Å². The molecular weight excluding hydrogens is 286 g/mol. The maximum Gasteiger partial charge on any atom is 0.325 e. The van der Waals surface area contributed by atoms with E-state index in [9.17, 15) is 9.59 Å². The first kappa shape index (κ1) is 15.9. The van der Waals surface area contributed by atoms with Crippen LogP contribution >= 0.6 is 11.8 Å².